The second-order valence-corrected chi connectivity index (χ2v) is 7.41. The molecule has 4 N–H and O–H groups in total. The molecule has 3 aromatic heterocycles. The number of fused-ring (bicyclic) bond motifs is 1. The first-order chi connectivity index (χ1) is 16.0. The molecule has 9 nitrogen and oxygen atoms in total. The maximum absolute atomic E-state index is 13.5. The van der Waals surface area contributed by atoms with Crippen LogP contribution in [0.4, 0.5) is 32.2 Å². The summed E-state index contributed by atoms with van der Waals surface area (Å²) in [4.78, 5) is 17.1. The first kappa shape index (κ1) is 23.4. The van der Waals surface area contributed by atoms with Gasteiger partial charge in [0.25, 0.3) is 0 Å². The van der Waals surface area contributed by atoms with E-state index in [4.69, 9.17) is 11.1 Å². The summed E-state index contributed by atoms with van der Waals surface area (Å²) in [5.41, 5.74) is 4.68. The summed E-state index contributed by atoms with van der Waals surface area (Å²) in [6.07, 6.45) is -3.12. The third-order valence-electron chi connectivity index (χ3n) is 5.25. The molecule has 2 atom stereocenters. The lowest BCUT2D eigenvalue weighted by molar-refractivity contribution is -0.157. The minimum absolute atomic E-state index is 0.0107. The van der Waals surface area contributed by atoms with Crippen molar-refractivity contribution in [2.75, 3.05) is 18.0 Å². The normalized spacial score (nSPS) is 20.1. The number of anilines is 1. The molecule has 0 aliphatic carbocycles. The molecule has 1 aliphatic heterocycles. The molecule has 0 amide bonds. The zero-order chi connectivity index (χ0) is 24.7. The van der Waals surface area contributed by atoms with Gasteiger partial charge in [-0.3, -0.25) is 9.72 Å². The average Bonchev–Trinajstić information content (AvgIpc) is 3.22. The van der Waals surface area contributed by atoms with Gasteiger partial charge in [0, 0.05) is 43.5 Å². The fourth-order valence-corrected chi connectivity index (χ4v) is 3.56. The van der Waals surface area contributed by atoms with E-state index in [1.807, 2.05) is 0 Å². The summed E-state index contributed by atoms with van der Waals surface area (Å²) < 4.78 is 81.0. The topological polar surface area (TPSA) is 121 Å². The Balaban J connectivity index is 1.72. The van der Waals surface area contributed by atoms with Crippen molar-refractivity contribution in [3.8, 4) is 11.5 Å². The Labute approximate surface area is 187 Å². The van der Waals surface area contributed by atoms with Gasteiger partial charge in [-0.05, 0) is 6.07 Å². The molecule has 4 rings (SSSR count). The summed E-state index contributed by atoms with van der Waals surface area (Å²) in [5, 5.41) is 9.87. The third-order valence-corrected chi connectivity index (χ3v) is 5.25. The van der Waals surface area contributed by atoms with Crippen LogP contribution in [-0.2, 0) is 6.18 Å². The van der Waals surface area contributed by atoms with Crippen LogP contribution in [0.5, 0.6) is 0 Å². The predicted octanol–water partition coefficient (Wildman–Crippen LogP) is 2.41. The maximum atomic E-state index is 13.5. The first-order valence-corrected chi connectivity index (χ1v) is 9.75. The zero-order valence-corrected chi connectivity index (χ0v) is 17.1. The molecule has 3 aromatic rings. The lowest BCUT2D eigenvalue weighted by Crippen LogP contribution is -2.62. The number of alkyl halides is 6. The van der Waals surface area contributed by atoms with Crippen LogP contribution in [0.25, 0.3) is 17.2 Å². The number of nitrogens with two attached hydrogens (primary N) is 1. The smallest absolute Gasteiger partial charge is 0.404 e. The standard InChI is InChI=1S/C19H17F6N9/c20-18(21,22)13-9-34-12(5-30-16(34)6-29-13)17-28-2-1-15(32-17)33-7-11(10(3-26)4-27)31-14(8-33)19(23,24)25/h1-6,9,11,14,26,31H,7-8,27H2/b10-4+,26-3?. The minimum Gasteiger partial charge on any atom is -0.404 e. The molecule has 1 saturated heterocycles. The van der Waals surface area contributed by atoms with Crippen molar-refractivity contribution in [2.24, 2.45) is 5.73 Å². The average molecular weight is 485 g/mol. The SMILES string of the molecule is N=C/C(=C\N)C1CN(c2ccnc(-c3cnc4cnc(C(F)(F)F)cn34)n2)CC(C(F)(F)F)N1. The number of rotatable bonds is 4. The minimum atomic E-state index is -4.69. The van der Waals surface area contributed by atoms with E-state index in [1.165, 1.54) is 23.4 Å². The zero-order valence-electron chi connectivity index (χ0n) is 17.1. The molecule has 1 fully saturated rings. The van der Waals surface area contributed by atoms with Crippen molar-refractivity contribution in [3.05, 3.63) is 48.3 Å². The number of aromatic nitrogens is 5. The van der Waals surface area contributed by atoms with E-state index in [-0.39, 0.29) is 35.1 Å². The van der Waals surface area contributed by atoms with Crippen LogP contribution in [0.1, 0.15) is 5.69 Å². The molecule has 15 heteroatoms. The molecular weight excluding hydrogens is 468 g/mol. The highest BCUT2D eigenvalue weighted by atomic mass is 19.4. The second kappa shape index (κ2) is 8.55. The molecule has 4 heterocycles. The monoisotopic (exact) mass is 485 g/mol. The van der Waals surface area contributed by atoms with Crippen molar-refractivity contribution in [2.45, 2.75) is 24.4 Å². The van der Waals surface area contributed by atoms with Crippen molar-refractivity contribution < 1.29 is 26.3 Å². The van der Waals surface area contributed by atoms with Crippen molar-refractivity contribution in [3.63, 3.8) is 0 Å². The summed E-state index contributed by atoms with van der Waals surface area (Å²) in [6, 6.07) is -1.45. The number of hydrogen-bond acceptors (Lipinski definition) is 8. The van der Waals surface area contributed by atoms with Crippen LogP contribution in [0, 0.1) is 5.41 Å². The lowest BCUT2D eigenvalue weighted by Gasteiger charge is -2.40. The molecule has 0 bridgehead atoms. The number of nitrogens with one attached hydrogen (secondary N) is 2. The Morgan fingerprint density at radius 3 is 2.53 bits per heavy atom. The fourth-order valence-electron chi connectivity index (χ4n) is 3.56. The number of hydrogen-bond donors (Lipinski definition) is 3. The van der Waals surface area contributed by atoms with E-state index in [2.05, 4.69) is 25.3 Å². The van der Waals surface area contributed by atoms with Gasteiger partial charge in [-0.15, -0.1) is 0 Å². The van der Waals surface area contributed by atoms with E-state index in [0.717, 1.165) is 29.2 Å². The van der Waals surface area contributed by atoms with Gasteiger partial charge in [0.15, 0.2) is 17.2 Å². The van der Waals surface area contributed by atoms with Gasteiger partial charge in [0.2, 0.25) is 0 Å². The highest BCUT2D eigenvalue weighted by Gasteiger charge is 2.45. The number of nitrogens with zero attached hydrogens (tertiary/aromatic N) is 6. The first-order valence-electron chi connectivity index (χ1n) is 9.75. The number of halogens is 6. The largest absolute Gasteiger partial charge is 0.434 e. The number of imidazole rings is 1. The fraction of sp³-hybridized carbons (Fsp3) is 0.316. The highest BCUT2D eigenvalue weighted by molar-refractivity contribution is 5.77. The van der Waals surface area contributed by atoms with Crippen LogP contribution in [-0.4, -0.2) is 61.9 Å². The summed E-state index contributed by atoms with van der Waals surface area (Å²) in [5.74, 6) is 0.0803. The Hall–Kier alpha value is -3.75. The highest BCUT2D eigenvalue weighted by Crippen LogP contribution is 2.30. The van der Waals surface area contributed by atoms with Crippen molar-refractivity contribution >= 4 is 17.7 Å². The summed E-state index contributed by atoms with van der Waals surface area (Å²) >= 11 is 0. The molecular formula is C19H17F6N9. The van der Waals surface area contributed by atoms with Crippen molar-refractivity contribution in [1.29, 1.82) is 5.41 Å². The Bertz CT molecular complexity index is 1230. The molecule has 2 unspecified atom stereocenters. The Morgan fingerprint density at radius 1 is 1.12 bits per heavy atom. The van der Waals surface area contributed by atoms with Crippen molar-refractivity contribution in [1.82, 2.24) is 29.7 Å². The molecule has 0 spiro atoms. The molecule has 0 aromatic carbocycles. The van der Waals surface area contributed by atoms with Crippen LogP contribution in [0.15, 0.2) is 42.6 Å². The maximum Gasteiger partial charge on any atom is 0.434 e. The molecule has 180 valence electrons. The number of piperazine rings is 1. The Kier molecular flexibility index (Phi) is 5.89. The van der Waals surface area contributed by atoms with Crippen LogP contribution >= 0.6 is 0 Å². The van der Waals surface area contributed by atoms with E-state index in [9.17, 15) is 26.3 Å². The summed E-state index contributed by atoms with van der Waals surface area (Å²) in [7, 11) is 0. The third kappa shape index (κ3) is 4.50. The van der Waals surface area contributed by atoms with Crippen LogP contribution < -0.4 is 16.0 Å². The lowest BCUT2D eigenvalue weighted by atomic mass is 10.0. The molecule has 34 heavy (non-hydrogen) atoms. The predicted molar refractivity (Wildman–Crippen MR) is 109 cm³/mol. The summed E-state index contributed by atoms with van der Waals surface area (Å²) in [6.45, 7) is -0.474. The van der Waals surface area contributed by atoms with E-state index < -0.39 is 36.7 Å². The van der Waals surface area contributed by atoms with Gasteiger partial charge in [-0.2, -0.15) is 26.3 Å². The molecule has 1 aliphatic rings. The van der Waals surface area contributed by atoms with Gasteiger partial charge < -0.3 is 16.0 Å². The van der Waals surface area contributed by atoms with Gasteiger partial charge >= 0.3 is 12.4 Å². The second-order valence-electron chi connectivity index (χ2n) is 7.41. The van der Waals surface area contributed by atoms with Crippen LogP contribution in [0.2, 0.25) is 0 Å². The van der Waals surface area contributed by atoms with Gasteiger partial charge in [0.1, 0.15) is 17.6 Å². The van der Waals surface area contributed by atoms with Crippen LogP contribution in [0.3, 0.4) is 0 Å². The molecule has 0 saturated carbocycles. The van der Waals surface area contributed by atoms with E-state index in [0.29, 0.717) is 0 Å². The van der Waals surface area contributed by atoms with Gasteiger partial charge in [-0.25, -0.2) is 19.9 Å². The molecule has 0 radical (unpaired) electrons. The van der Waals surface area contributed by atoms with E-state index >= 15 is 0 Å². The van der Waals surface area contributed by atoms with Gasteiger partial charge in [0.05, 0.1) is 18.4 Å². The Morgan fingerprint density at radius 2 is 1.88 bits per heavy atom. The quantitative estimate of drug-likeness (QED) is 0.383. The van der Waals surface area contributed by atoms with Gasteiger partial charge in [-0.1, -0.05) is 0 Å². The van der Waals surface area contributed by atoms with E-state index in [1.54, 1.807) is 0 Å².